The monoisotopic (exact) mass is 442 g/mol. The molecule has 1 amide bonds. The molecule has 0 spiro atoms. The Bertz CT molecular complexity index is 1100. The summed E-state index contributed by atoms with van der Waals surface area (Å²) >= 11 is 1.21. The van der Waals surface area contributed by atoms with Crippen LogP contribution in [0.5, 0.6) is 0 Å². The van der Waals surface area contributed by atoms with Crippen molar-refractivity contribution in [2.75, 3.05) is 5.75 Å². The summed E-state index contributed by atoms with van der Waals surface area (Å²) in [6.45, 7) is 4.51. The van der Waals surface area contributed by atoms with Gasteiger partial charge in [-0.1, -0.05) is 66.4 Å². The molecular weight excluding hydrogens is 420 g/mol. The summed E-state index contributed by atoms with van der Waals surface area (Å²) in [5, 5.41) is 11.5. The van der Waals surface area contributed by atoms with Gasteiger partial charge in [-0.2, -0.15) is 0 Å². The lowest BCUT2D eigenvalue weighted by molar-refractivity contribution is -0.118. The second-order valence-electron chi connectivity index (χ2n) is 6.42. The molecule has 1 aromatic heterocycles. The van der Waals surface area contributed by atoms with Crippen LogP contribution in [0.25, 0.3) is 0 Å². The number of nitrogens with one attached hydrogen (secondary N) is 1. The molecule has 0 aliphatic rings. The number of sulfone groups is 1. The van der Waals surface area contributed by atoms with Gasteiger partial charge in [-0.05, 0) is 17.7 Å². The van der Waals surface area contributed by atoms with Crippen LogP contribution in [-0.4, -0.2) is 34.8 Å². The molecule has 0 saturated carbocycles. The topological polar surface area (TPSA) is 93.9 Å². The first-order chi connectivity index (χ1) is 14.5. The first-order valence-electron chi connectivity index (χ1n) is 9.24. The Morgan fingerprint density at radius 1 is 1.07 bits per heavy atom. The van der Waals surface area contributed by atoms with Crippen molar-refractivity contribution >= 4 is 27.5 Å². The van der Waals surface area contributed by atoms with Gasteiger partial charge >= 0.3 is 0 Å². The van der Waals surface area contributed by atoms with E-state index in [9.17, 15) is 13.2 Å². The quantitative estimate of drug-likeness (QED) is 0.383. The number of thioether (sulfide) groups is 1. The number of carbonyl (C=O) groups is 1. The molecule has 3 aromatic rings. The first-order valence-corrected chi connectivity index (χ1v) is 11.9. The van der Waals surface area contributed by atoms with E-state index in [4.69, 9.17) is 0 Å². The fourth-order valence-electron chi connectivity index (χ4n) is 2.70. The summed E-state index contributed by atoms with van der Waals surface area (Å²) < 4.78 is 27.0. The third kappa shape index (κ3) is 5.80. The van der Waals surface area contributed by atoms with Gasteiger partial charge in [0.1, 0.15) is 11.6 Å². The minimum atomic E-state index is -3.56. The van der Waals surface area contributed by atoms with Crippen LogP contribution in [0.3, 0.4) is 0 Å². The highest BCUT2D eigenvalue weighted by Gasteiger charge is 2.21. The number of nitrogens with zero attached hydrogens (tertiary/aromatic N) is 3. The van der Waals surface area contributed by atoms with E-state index < -0.39 is 9.84 Å². The average molecular weight is 443 g/mol. The Labute approximate surface area is 180 Å². The third-order valence-corrected chi connectivity index (χ3v) is 6.79. The fraction of sp³-hybridized carbons (Fsp3) is 0.190. The predicted molar refractivity (Wildman–Crippen MR) is 117 cm³/mol. The molecule has 0 unspecified atom stereocenters. The molecule has 9 heteroatoms. The van der Waals surface area contributed by atoms with Gasteiger partial charge in [-0.3, -0.25) is 4.79 Å². The van der Waals surface area contributed by atoms with Gasteiger partial charge in [0.05, 0.1) is 10.6 Å². The molecular formula is C21H22N4O3S2. The normalized spacial score (nSPS) is 11.2. The van der Waals surface area contributed by atoms with Crippen LogP contribution in [0.2, 0.25) is 0 Å². The van der Waals surface area contributed by atoms with Crippen LogP contribution in [-0.2, 0) is 33.5 Å². The van der Waals surface area contributed by atoms with Crippen molar-refractivity contribution in [1.82, 2.24) is 20.1 Å². The summed E-state index contributed by atoms with van der Waals surface area (Å²) in [7, 11) is -3.56. The number of carbonyl (C=O) groups excluding carboxylic acids is 1. The maximum Gasteiger partial charge on any atom is 0.230 e. The van der Waals surface area contributed by atoms with E-state index in [2.05, 4.69) is 22.1 Å². The van der Waals surface area contributed by atoms with E-state index in [-0.39, 0.29) is 22.3 Å². The Kier molecular flexibility index (Phi) is 7.42. The lowest BCUT2D eigenvalue weighted by Crippen LogP contribution is -2.24. The molecule has 0 radical (unpaired) electrons. The van der Waals surface area contributed by atoms with Crippen molar-refractivity contribution in [3.8, 4) is 0 Å². The lowest BCUT2D eigenvalue weighted by atomic mass is 10.2. The second kappa shape index (κ2) is 10.2. The van der Waals surface area contributed by atoms with Crippen LogP contribution in [0.15, 0.2) is 83.4 Å². The number of aromatic nitrogens is 3. The molecule has 0 fully saturated rings. The van der Waals surface area contributed by atoms with Gasteiger partial charge in [0.15, 0.2) is 15.0 Å². The van der Waals surface area contributed by atoms with Gasteiger partial charge in [0.2, 0.25) is 5.91 Å². The van der Waals surface area contributed by atoms with E-state index in [0.717, 1.165) is 5.56 Å². The number of hydrogen-bond donors (Lipinski definition) is 1. The molecule has 0 aliphatic heterocycles. The first kappa shape index (κ1) is 21.8. The Balaban J connectivity index is 1.65. The SMILES string of the molecule is C=CCn1c(CS(=O)(=O)c2ccccc2)nnc1SCC(=O)NCc1ccccc1. The second-order valence-corrected chi connectivity index (χ2v) is 9.35. The zero-order valence-electron chi connectivity index (χ0n) is 16.3. The number of hydrogen-bond acceptors (Lipinski definition) is 6. The van der Waals surface area contributed by atoms with Crippen LogP contribution in [0.1, 0.15) is 11.4 Å². The molecule has 0 aliphatic carbocycles. The van der Waals surface area contributed by atoms with Crippen LogP contribution >= 0.6 is 11.8 Å². The van der Waals surface area contributed by atoms with E-state index in [0.29, 0.717) is 24.1 Å². The van der Waals surface area contributed by atoms with E-state index >= 15 is 0 Å². The van der Waals surface area contributed by atoms with E-state index in [1.165, 1.54) is 11.8 Å². The Morgan fingerprint density at radius 2 is 1.73 bits per heavy atom. The van der Waals surface area contributed by atoms with Gasteiger partial charge in [-0.25, -0.2) is 8.42 Å². The minimum Gasteiger partial charge on any atom is -0.351 e. The maximum atomic E-state index is 12.7. The number of amides is 1. The van der Waals surface area contributed by atoms with Crippen LogP contribution in [0.4, 0.5) is 0 Å². The van der Waals surface area contributed by atoms with Gasteiger partial charge in [0, 0.05) is 13.1 Å². The van der Waals surface area contributed by atoms with Crippen molar-refractivity contribution in [3.63, 3.8) is 0 Å². The highest BCUT2D eigenvalue weighted by atomic mass is 32.2. The average Bonchev–Trinajstić information content (AvgIpc) is 3.13. The highest BCUT2D eigenvalue weighted by molar-refractivity contribution is 7.99. The van der Waals surface area contributed by atoms with Crippen molar-refractivity contribution < 1.29 is 13.2 Å². The van der Waals surface area contributed by atoms with Crippen molar-refractivity contribution in [2.24, 2.45) is 0 Å². The summed E-state index contributed by atoms with van der Waals surface area (Å²) in [5.41, 5.74) is 1.01. The number of rotatable bonds is 10. The van der Waals surface area contributed by atoms with Crippen LogP contribution < -0.4 is 5.32 Å². The van der Waals surface area contributed by atoms with Crippen molar-refractivity contribution in [3.05, 3.63) is 84.7 Å². The largest absolute Gasteiger partial charge is 0.351 e. The minimum absolute atomic E-state index is 0.143. The van der Waals surface area contributed by atoms with Gasteiger partial charge in [0.25, 0.3) is 0 Å². The van der Waals surface area contributed by atoms with Gasteiger partial charge < -0.3 is 9.88 Å². The number of benzene rings is 2. The van der Waals surface area contributed by atoms with Gasteiger partial charge in [-0.15, -0.1) is 16.8 Å². The zero-order chi connectivity index (χ0) is 21.4. The summed E-state index contributed by atoms with van der Waals surface area (Å²) in [5.74, 6) is 0.0352. The van der Waals surface area contributed by atoms with Crippen LogP contribution in [0, 0.1) is 0 Å². The maximum absolute atomic E-state index is 12.7. The smallest absolute Gasteiger partial charge is 0.230 e. The molecule has 0 saturated heterocycles. The van der Waals surface area contributed by atoms with Crippen molar-refractivity contribution in [1.29, 1.82) is 0 Å². The molecule has 1 N–H and O–H groups in total. The predicted octanol–water partition coefficient (Wildman–Crippen LogP) is 2.85. The molecule has 156 valence electrons. The zero-order valence-corrected chi connectivity index (χ0v) is 17.9. The molecule has 3 rings (SSSR count). The molecule has 0 atom stereocenters. The Hall–Kier alpha value is -2.91. The standard InChI is InChI=1S/C21H22N4O3S2/c1-2-13-25-19(16-30(27,28)18-11-7-4-8-12-18)23-24-21(25)29-15-20(26)22-14-17-9-5-3-6-10-17/h2-12H,1,13-16H2,(H,22,26). The number of allylic oxidation sites excluding steroid dienone is 1. The third-order valence-electron chi connectivity index (χ3n) is 4.19. The summed E-state index contributed by atoms with van der Waals surface area (Å²) in [6, 6.07) is 17.8. The van der Waals surface area contributed by atoms with E-state index in [1.807, 2.05) is 30.3 Å². The van der Waals surface area contributed by atoms with Crippen molar-refractivity contribution in [2.45, 2.75) is 28.9 Å². The molecule has 0 bridgehead atoms. The molecule has 30 heavy (non-hydrogen) atoms. The van der Waals surface area contributed by atoms with E-state index in [1.54, 1.807) is 41.0 Å². The molecule has 1 heterocycles. The fourth-order valence-corrected chi connectivity index (χ4v) is 4.79. The highest BCUT2D eigenvalue weighted by Crippen LogP contribution is 2.21. The lowest BCUT2D eigenvalue weighted by Gasteiger charge is -2.09. The molecule has 2 aromatic carbocycles. The Morgan fingerprint density at radius 3 is 2.40 bits per heavy atom. The molecule has 7 nitrogen and oxygen atoms in total. The summed E-state index contributed by atoms with van der Waals surface area (Å²) in [4.78, 5) is 12.4. The summed E-state index contributed by atoms with van der Waals surface area (Å²) in [6.07, 6.45) is 1.64.